The van der Waals surface area contributed by atoms with E-state index < -0.39 is 16.1 Å². The smallest absolute Gasteiger partial charge is 0.289 e. The highest BCUT2D eigenvalue weighted by molar-refractivity contribution is 7.85. The Kier molecular flexibility index (Phi) is 7.02. The van der Waals surface area contributed by atoms with E-state index in [4.69, 9.17) is 14.0 Å². The Morgan fingerprint density at radius 3 is 2.36 bits per heavy atom. The fraction of sp³-hybridized carbons (Fsp3) is 1.00. The highest BCUT2D eigenvalue weighted by Gasteiger charge is 2.03. The van der Waals surface area contributed by atoms with E-state index >= 15 is 0 Å². The third-order valence-corrected chi connectivity index (χ3v) is 1.82. The number of rotatable bonds is 8. The summed E-state index contributed by atoms with van der Waals surface area (Å²) >= 11 is 0. The first-order valence-corrected chi connectivity index (χ1v) is 5.70. The van der Waals surface area contributed by atoms with Gasteiger partial charge in [-0.15, -0.1) is 0 Å². The Balaban J connectivity index is 3.23. The molecule has 0 fully saturated rings. The van der Waals surface area contributed by atoms with Crippen LogP contribution in [0.1, 0.15) is 6.92 Å². The molecule has 0 saturated carbocycles. The average Bonchev–Trinajstić information content (AvgIpc) is 2.08. The van der Waals surface area contributed by atoms with E-state index in [1.165, 1.54) is 0 Å². The number of ether oxygens (including phenoxy) is 3. The molecule has 0 amide bonds. The minimum Gasteiger partial charge on any atom is -0.379 e. The van der Waals surface area contributed by atoms with E-state index in [-0.39, 0.29) is 19.3 Å². The van der Waals surface area contributed by atoms with E-state index in [1.54, 1.807) is 7.11 Å². The summed E-state index contributed by atoms with van der Waals surface area (Å²) < 4.78 is 43.3. The summed E-state index contributed by atoms with van der Waals surface area (Å²) in [7, 11) is -2.46. The molecule has 0 bridgehead atoms. The molecule has 0 spiro atoms. The molecule has 1 unspecified atom stereocenters. The second-order valence-electron chi connectivity index (χ2n) is 2.73. The van der Waals surface area contributed by atoms with Crippen LogP contribution in [0.3, 0.4) is 0 Å². The highest BCUT2D eigenvalue weighted by atomic mass is 32.2. The van der Waals surface area contributed by atoms with Crippen LogP contribution in [0.15, 0.2) is 0 Å². The molecular formula is C7H16O6S. The van der Waals surface area contributed by atoms with Gasteiger partial charge in [-0.05, 0) is 6.92 Å². The molecule has 86 valence electrons. The van der Waals surface area contributed by atoms with Crippen LogP contribution < -0.4 is 0 Å². The van der Waals surface area contributed by atoms with Gasteiger partial charge in [0.2, 0.25) is 0 Å². The molecule has 0 aromatic rings. The van der Waals surface area contributed by atoms with Crippen molar-refractivity contribution in [2.24, 2.45) is 0 Å². The van der Waals surface area contributed by atoms with Crippen molar-refractivity contribution >= 4 is 10.1 Å². The summed E-state index contributed by atoms with van der Waals surface area (Å²) in [5.41, 5.74) is 0. The van der Waals surface area contributed by atoms with Crippen molar-refractivity contribution in [1.82, 2.24) is 0 Å². The van der Waals surface area contributed by atoms with Crippen LogP contribution in [-0.4, -0.2) is 51.9 Å². The predicted octanol–water partition coefficient (Wildman–Crippen LogP) is -0.100. The Morgan fingerprint density at radius 2 is 1.86 bits per heavy atom. The average molecular weight is 228 g/mol. The van der Waals surface area contributed by atoms with E-state index in [9.17, 15) is 8.42 Å². The zero-order chi connectivity index (χ0) is 11.0. The second-order valence-corrected chi connectivity index (χ2v) is 4.13. The molecule has 7 heteroatoms. The number of methoxy groups -OCH3 is 1. The lowest BCUT2D eigenvalue weighted by atomic mass is 10.4. The first-order valence-electron chi connectivity index (χ1n) is 4.09. The summed E-state index contributed by atoms with van der Waals surface area (Å²) in [6.45, 7) is 2.66. The zero-order valence-electron chi connectivity index (χ0n) is 8.30. The van der Waals surface area contributed by atoms with Crippen molar-refractivity contribution < 1.29 is 27.2 Å². The maximum atomic E-state index is 10.2. The normalized spacial score (nSPS) is 14.2. The minimum absolute atomic E-state index is 0.00317. The monoisotopic (exact) mass is 228 g/mol. The van der Waals surface area contributed by atoms with Gasteiger partial charge in [0.05, 0.1) is 25.9 Å². The van der Waals surface area contributed by atoms with Gasteiger partial charge in [-0.25, -0.2) is 0 Å². The molecule has 0 rings (SSSR count). The highest BCUT2D eigenvalue weighted by Crippen LogP contribution is 1.90. The van der Waals surface area contributed by atoms with Crippen molar-refractivity contribution in [3.05, 3.63) is 0 Å². The molecule has 0 heterocycles. The molecule has 0 radical (unpaired) electrons. The van der Waals surface area contributed by atoms with Crippen molar-refractivity contribution in [3.8, 4) is 0 Å². The van der Waals surface area contributed by atoms with Gasteiger partial charge in [0.25, 0.3) is 10.1 Å². The van der Waals surface area contributed by atoms with Gasteiger partial charge in [-0.2, -0.15) is 8.42 Å². The first-order chi connectivity index (χ1) is 6.45. The van der Waals surface area contributed by atoms with E-state index in [1.807, 2.05) is 6.92 Å². The number of hydrogen-bond acceptors (Lipinski definition) is 5. The van der Waals surface area contributed by atoms with Crippen LogP contribution in [-0.2, 0) is 24.3 Å². The molecule has 0 aliphatic carbocycles. The third-order valence-electron chi connectivity index (χ3n) is 1.36. The molecule has 14 heavy (non-hydrogen) atoms. The summed E-state index contributed by atoms with van der Waals surface area (Å²) in [6, 6.07) is 0. The lowest BCUT2D eigenvalue weighted by Crippen LogP contribution is -2.17. The molecule has 1 atom stereocenters. The summed E-state index contributed by atoms with van der Waals surface area (Å²) in [5, 5.41) is 0. The molecule has 0 aliphatic rings. The van der Waals surface area contributed by atoms with E-state index in [2.05, 4.69) is 4.74 Å². The predicted molar refractivity (Wildman–Crippen MR) is 49.7 cm³/mol. The molecule has 0 saturated heterocycles. The summed E-state index contributed by atoms with van der Waals surface area (Å²) in [4.78, 5) is 0. The van der Waals surface area contributed by atoms with Crippen LogP contribution in [0.25, 0.3) is 0 Å². The van der Waals surface area contributed by atoms with Gasteiger partial charge >= 0.3 is 0 Å². The van der Waals surface area contributed by atoms with Crippen molar-refractivity contribution in [1.29, 1.82) is 0 Å². The molecule has 0 aromatic heterocycles. The van der Waals surface area contributed by atoms with Crippen molar-refractivity contribution in [2.45, 2.75) is 13.0 Å². The van der Waals surface area contributed by atoms with Gasteiger partial charge in [-0.1, -0.05) is 0 Å². The molecule has 6 nitrogen and oxygen atoms in total. The zero-order valence-corrected chi connectivity index (χ0v) is 9.12. The van der Waals surface area contributed by atoms with Gasteiger partial charge in [-0.3, -0.25) is 4.55 Å². The van der Waals surface area contributed by atoms with Gasteiger partial charge < -0.3 is 14.2 Å². The standard InChI is InChI=1S/C7H16O6S/c1-7(11-2)5-12-3-4-13-6-14(8,9)10/h7H,3-6H2,1-2H3,(H,8,9,10). The topological polar surface area (TPSA) is 82.1 Å². The van der Waals surface area contributed by atoms with E-state index in [0.29, 0.717) is 6.61 Å². The minimum atomic E-state index is -4.03. The Hall–Kier alpha value is -0.210. The van der Waals surface area contributed by atoms with Crippen LogP contribution in [0.5, 0.6) is 0 Å². The largest absolute Gasteiger partial charge is 0.379 e. The van der Waals surface area contributed by atoms with Crippen LogP contribution in [0.2, 0.25) is 0 Å². The lowest BCUT2D eigenvalue weighted by molar-refractivity contribution is -0.00146. The number of hydrogen-bond donors (Lipinski definition) is 1. The van der Waals surface area contributed by atoms with Crippen LogP contribution in [0, 0.1) is 0 Å². The second kappa shape index (κ2) is 7.13. The van der Waals surface area contributed by atoms with Gasteiger partial charge in [0.15, 0.2) is 5.94 Å². The maximum absolute atomic E-state index is 10.2. The molecule has 1 N–H and O–H groups in total. The molecule has 0 aliphatic heterocycles. The Bertz CT molecular complexity index is 224. The quantitative estimate of drug-likeness (QED) is 0.461. The Morgan fingerprint density at radius 1 is 1.29 bits per heavy atom. The van der Waals surface area contributed by atoms with Crippen LogP contribution >= 0.6 is 0 Å². The SMILES string of the molecule is COC(C)COCCOCS(=O)(=O)O. The van der Waals surface area contributed by atoms with Gasteiger partial charge in [0.1, 0.15) is 0 Å². The van der Waals surface area contributed by atoms with Crippen molar-refractivity contribution in [2.75, 3.05) is 32.9 Å². The van der Waals surface area contributed by atoms with Gasteiger partial charge in [0, 0.05) is 7.11 Å². The van der Waals surface area contributed by atoms with Crippen molar-refractivity contribution in [3.63, 3.8) is 0 Å². The Labute approximate surface area is 83.9 Å². The fourth-order valence-electron chi connectivity index (χ4n) is 0.599. The lowest BCUT2D eigenvalue weighted by Gasteiger charge is -2.09. The summed E-state index contributed by atoms with van der Waals surface area (Å²) in [6.07, 6.45) is -0.00317. The third kappa shape index (κ3) is 9.87. The summed E-state index contributed by atoms with van der Waals surface area (Å²) in [5.74, 6) is -0.698. The molecular weight excluding hydrogens is 212 g/mol. The maximum Gasteiger partial charge on any atom is 0.289 e. The fourth-order valence-corrected chi connectivity index (χ4v) is 0.928. The first kappa shape index (κ1) is 13.8. The van der Waals surface area contributed by atoms with Crippen LogP contribution in [0.4, 0.5) is 0 Å². The molecule has 0 aromatic carbocycles. The van der Waals surface area contributed by atoms with E-state index in [0.717, 1.165) is 0 Å².